The van der Waals surface area contributed by atoms with Crippen molar-refractivity contribution in [2.45, 2.75) is 19.3 Å². The van der Waals surface area contributed by atoms with Crippen molar-refractivity contribution in [3.8, 4) is 11.6 Å². The number of hydrogen-bond acceptors (Lipinski definition) is 4. The van der Waals surface area contributed by atoms with Crippen molar-refractivity contribution in [3.63, 3.8) is 0 Å². The number of methoxy groups -OCH3 is 1. The minimum absolute atomic E-state index is 0.0791. The van der Waals surface area contributed by atoms with Gasteiger partial charge in [-0.05, 0) is 36.2 Å². The second-order valence-electron chi connectivity index (χ2n) is 5.87. The van der Waals surface area contributed by atoms with E-state index in [2.05, 4.69) is 15.2 Å². The number of aromatic amines is 1. The number of benzene rings is 2. The maximum Gasteiger partial charge on any atom is 0.272 e. The molecule has 0 aliphatic rings. The Balaban J connectivity index is 1.92. The second kappa shape index (κ2) is 7.98. The highest BCUT2D eigenvalue weighted by Gasteiger charge is 2.20. The molecule has 0 spiro atoms. The fourth-order valence-electron chi connectivity index (χ4n) is 2.86. The highest BCUT2D eigenvalue weighted by Crippen LogP contribution is 2.42. The molecule has 8 heteroatoms. The number of carbonyl (C=O) groups is 1. The van der Waals surface area contributed by atoms with Crippen molar-refractivity contribution >= 4 is 45.7 Å². The molecule has 3 aromatic rings. The van der Waals surface area contributed by atoms with Crippen LogP contribution in [-0.4, -0.2) is 23.1 Å². The van der Waals surface area contributed by atoms with Crippen LogP contribution in [0.5, 0.6) is 11.6 Å². The summed E-state index contributed by atoms with van der Waals surface area (Å²) in [4.78, 5) is 15.3. The Morgan fingerprint density at radius 2 is 1.85 bits per heavy atom. The van der Waals surface area contributed by atoms with Crippen LogP contribution in [0.15, 0.2) is 46.6 Å². The Labute approximate surface area is 165 Å². The Morgan fingerprint density at radius 3 is 2.48 bits per heavy atom. The normalized spacial score (nSPS) is 12.6. The molecule has 1 aromatic heterocycles. The first-order valence-corrected chi connectivity index (χ1v) is 9.00. The third-order valence-electron chi connectivity index (χ3n) is 4.28. The van der Waals surface area contributed by atoms with Crippen molar-refractivity contribution in [2.75, 3.05) is 7.11 Å². The van der Waals surface area contributed by atoms with Crippen molar-refractivity contribution in [1.29, 1.82) is 0 Å². The molecular formula is C19H17Cl2N3O3. The van der Waals surface area contributed by atoms with Crippen LogP contribution in [0.1, 0.15) is 24.8 Å². The van der Waals surface area contributed by atoms with Crippen LogP contribution in [0.2, 0.25) is 10.0 Å². The van der Waals surface area contributed by atoms with Gasteiger partial charge >= 0.3 is 0 Å². The number of aromatic nitrogens is 1. The summed E-state index contributed by atoms with van der Waals surface area (Å²) in [6, 6.07) is 10.4. The second-order valence-corrected chi connectivity index (χ2v) is 6.69. The van der Waals surface area contributed by atoms with Gasteiger partial charge in [-0.1, -0.05) is 42.3 Å². The van der Waals surface area contributed by atoms with Crippen molar-refractivity contribution in [1.82, 2.24) is 4.98 Å². The number of amides is 1. The van der Waals surface area contributed by atoms with Gasteiger partial charge in [0.1, 0.15) is 5.75 Å². The Hall–Kier alpha value is -2.57. The summed E-state index contributed by atoms with van der Waals surface area (Å²) < 4.78 is 5.13. The smallest absolute Gasteiger partial charge is 0.272 e. The highest BCUT2D eigenvalue weighted by atomic mass is 35.5. The van der Waals surface area contributed by atoms with E-state index in [1.165, 1.54) is 0 Å². The van der Waals surface area contributed by atoms with Crippen LogP contribution in [0.3, 0.4) is 0 Å². The number of hydrogen-bond donors (Lipinski definition) is 2. The van der Waals surface area contributed by atoms with Gasteiger partial charge in [0.2, 0.25) is 5.88 Å². The van der Waals surface area contributed by atoms with E-state index < -0.39 is 11.8 Å². The first kappa shape index (κ1) is 19.2. The van der Waals surface area contributed by atoms with E-state index in [1.54, 1.807) is 31.4 Å². The van der Waals surface area contributed by atoms with E-state index in [-0.39, 0.29) is 11.6 Å². The molecule has 1 amide bonds. The first-order chi connectivity index (χ1) is 13.0. The van der Waals surface area contributed by atoms with Crippen molar-refractivity contribution in [3.05, 3.63) is 52.0 Å². The van der Waals surface area contributed by atoms with Crippen LogP contribution in [0, 0.1) is 0 Å². The standard InChI is InChI=1S/C19H17Cl2N3O3/c1-3-12(10-4-6-11(27-2)7-5-10)18(25)24-23-17-15-13(20)8-9-14(21)16(15)22-19(17)26/h4-9,12,22,26H,3H2,1-2H3. The summed E-state index contributed by atoms with van der Waals surface area (Å²) in [6.07, 6.45) is 0.552. The van der Waals surface area contributed by atoms with E-state index >= 15 is 0 Å². The minimum Gasteiger partial charge on any atom is -0.497 e. The third-order valence-corrected chi connectivity index (χ3v) is 4.91. The predicted octanol–water partition coefficient (Wildman–Crippen LogP) is 5.99. The number of nitrogens with zero attached hydrogens (tertiary/aromatic N) is 2. The monoisotopic (exact) mass is 405 g/mol. The fraction of sp³-hybridized carbons (Fsp3) is 0.211. The fourth-order valence-corrected chi connectivity index (χ4v) is 3.31. The average molecular weight is 406 g/mol. The molecule has 0 aliphatic heterocycles. The summed E-state index contributed by atoms with van der Waals surface area (Å²) in [5.41, 5.74) is 1.33. The maximum absolute atomic E-state index is 12.6. The summed E-state index contributed by atoms with van der Waals surface area (Å²) in [5.74, 6) is -0.424. The van der Waals surface area contributed by atoms with Crippen LogP contribution in [0.4, 0.5) is 5.69 Å². The largest absolute Gasteiger partial charge is 0.497 e. The topological polar surface area (TPSA) is 87.0 Å². The lowest BCUT2D eigenvalue weighted by atomic mass is 9.96. The van der Waals surface area contributed by atoms with Crippen LogP contribution in [0.25, 0.3) is 10.9 Å². The van der Waals surface area contributed by atoms with Gasteiger partial charge < -0.3 is 14.8 Å². The van der Waals surface area contributed by atoms with Crippen molar-refractivity contribution in [2.24, 2.45) is 10.2 Å². The van der Waals surface area contributed by atoms with Crippen LogP contribution < -0.4 is 4.74 Å². The molecule has 0 aliphatic carbocycles. The molecule has 140 valence electrons. The molecule has 1 atom stereocenters. The maximum atomic E-state index is 12.6. The number of H-pyrrole nitrogens is 1. The Bertz CT molecular complexity index is 1010. The Kier molecular flexibility index (Phi) is 5.68. The van der Waals surface area contributed by atoms with Gasteiger partial charge in [-0.2, -0.15) is 0 Å². The van der Waals surface area contributed by atoms with E-state index in [0.29, 0.717) is 33.1 Å². The van der Waals surface area contributed by atoms with Gasteiger partial charge in [-0.3, -0.25) is 4.79 Å². The van der Waals surface area contributed by atoms with E-state index in [4.69, 9.17) is 27.9 Å². The van der Waals surface area contributed by atoms with Gasteiger partial charge in [0, 0.05) is 0 Å². The van der Waals surface area contributed by atoms with Gasteiger partial charge in [-0.25, -0.2) is 0 Å². The van der Waals surface area contributed by atoms with Crippen molar-refractivity contribution < 1.29 is 14.6 Å². The third kappa shape index (κ3) is 3.77. The molecule has 1 heterocycles. The van der Waals surface area contributed by atoms with Gasteiger partial charge in [0.15, 0.2) is 5.69 Å². The number of fused-ring (bicyclic) bond motifs is 1. The molecule has 6 nitrogen and oxygen atoms in total. The predicted molar refractivity (Wildman–Crippen MR) is 106 cm³/mol. The number of nitrogens with one attached hydrogen (secondary N) is 1. The molecule has 3 rings (SSSR count). The number of azo groups is 1. The number of carbonyl (C=O) groups excluding carboxylic acids is 1. The van der Waals surface area contributed by atoms with Crippen LogP contribution >= 0.6 is 23.2 Å². The molecular weight excluding hydrogens is 389 g/mol. The lowest BCUT2D eigenvalue weighted by Crippen LogP contribution is -2.08. The summed E-state index contributed by atoms with van der Waals surface area (Å²) in [5, 5.41) is 19.0. The highest BCUT2D eigenvalue weighted by molar-refractivity contribution is 6.41. The number of ether oxygens (including phenoxy) is 1. The lowest BCUT2D eigenvalue weighted by Gasteiger charge is -2.11. The molecule has 2 N–H and O–H groups in total. The lowest BCUT2D eigenvalue weighted by molar-refractivity contribution is -0.119. The zero-order chi connectivity index (χ0) is 19.6. The number of halogens is 2. The van der Waals surface area contributed by atoms with Crippen LogP contribution in [-0.2, 0) is 4.79 Å². The molecule has 2 aromatic carbocycles. The number of aromatic hydroxyl groups is 1. The Morgan fingerprint density at radius 1 is 1.19 bits per heavy atom. The zero-order valence-corrected chi connectivity index (χ0v) is 16.2. The minimum atomic E-state index is -0.453. The molecule has 0 saturated heterocycles. The molecule has 0 saturated carbocycles. The summed E-state index contributed by atoms with van der Waals surface area (Å²) >= 11 is 12.3. The van der Waals surface area contributed by atoms with E-state index in [9.17, 15) is 9.90 Å². The molecule has 0 bridgehead atoms. The molecule has 0 radical (unpaired) electrons. The SMILES string of the molecule is CCC(C(=O)N=Nc1c(O)[nH]c2c(Cl)ccc(Cl)c12)c1ccc(OC)cc1. The number of rotatable bonds is 5. The molecule has 1 unspecified atom stereocenters. The molecule has 27 heavy (non-hydrogen) atoms. The van der Waals surface area contributed by atoms with Gasteiger partial charge in [0.05, 0.1) is 34.0 Å². The summed E-state index contributed by atoms with van der Waals surface area (Å²) in [7, 11) is 1.58. The first-order valence-electron chi connectivity index (χ1n) is 8.24. The van der Waals surface area contributed by atoms with E-state index in [0.717, 1.165) is 5.56 Å². The zero-order valence-electron chi connectivity index (χ0n) is 14.7. The van der Waals surface area contributed by atoms with E-state index in [1.807, 2.05) is 19.1 Å². The van der Waals surface area contributed by atoms with Gasteiger partial charge in [-0.15, -0.1) is 10.2 Å². The van der Waals surface area contributed by atoms with Gasteiger partial charge in [0.25, 0.3) is 5.91 Å². The molecule has 0 fully saturated rings. The average Bonchev–Trinajstić information content (AvgIpc) is 3.01. The summed E-state index contributed by atoms with van der Waals surface area (Å²) in [6.45, 7) is 1.89. The quantitative estimate of drug-likeness (QED) is 0.510.